The maximum Gasteiger partial charge on any atom is 0.229 e. The fourth-order valence-electron chi connectivity index (χ4n) is 3.15. The number of carbonyl (C=O) groups is 1. The molecule has 0 aromatic heterocycles. The molecule has 1 unspecified atom stereocenters. The molecule has 2 N–H and O–H groups in total. The lowest BCUT2D eigenvalue weighted by atomic mass is 9.68. The van der Waals surface area contributed by atoms with Crippen molar-refractivity contribution in [2.24, 2.45) is 5.41 Å². The maximum atomic E-state index is 12.5. The van der Waals surface area contributed by atoms with Crippen LogP contribution in [-0.4, -0.2) is 30.8 Å². The van der Waals surface area contributed by atoms with E-state index in [1.54, 1.807) is 0 Å². The predicted octanol–water partition coefficient (Wildman–Crippen LogP) is 2.19. The number of hydrogen-bond donors (Lipinski definition) is 2. The number of nitrogens with one attached hydrogen (secondary N) is 1. The lowest BCUT2D eigenvalue weighted by Gasteiger charge is -2.40. The first-order valence-corrected chi connectivity index (χ1v) is 8.00. The molecule has 1 heterocycles. The summed E-state index contributed by atoms with van der Waals surface area (Å²) >= 11 is 0. The molecule has 1 amide bonds. The van der Waals surface area contributed by atoms with Crippen molar-refractivity contribution in [3.63, 3.8) is 0 Å². The third-order valence-corrected chi connectivity index (χ3v) is 4.73. The van der Waals surface area contributed by atoms with E-state index in [-0.39, 0.29) is 18.6 Å². The summed E-state index contributed by atoms with van der Waals surface area (Å²) in [6.07, 6.45) is 3.28. The van der Waals surface area contributed by atoms with Crippen molar-refractivity contribution < 1.29 is 19.4 Å². The Kier molecular flexibility index (Phi) is 4.25. The minimum Gasteiger partial charge on any atom is -0.494 e. The van der Waals surface area contributed by atoms with Crippen LogP contribution in [0.5, 0.6) is 11.5 Å². The summed E-state index contributed by atoms with van der Waals surface area (Å²) in [5.41, 5.74) is 0.383. The number of ether oxygens (including phenoxy) is 2. The molecule has 3 rings (SSSR count). The number of fused-ring (bicyclic) bond motifs is 1. The Labute approximate surface area is 130 Å². The molecule has 1 aromatic carbocycles. The minimum absolute atomic E-state index is 0.0408. The fraction of sp³-hybridized carbons (Fsp3) is 0.588. The molecule has 0 spiro atoms. The van der Waals surface area contributed by atoms with Gasteiger partial charge >= 0.3 is 0 Å². The van der Waals surface area contributed by atoms with Crippen LogP contribution in [0.2, 0.25) is 0 Å². The van der Waals surface area contributed by atoms with Gasteiger partial charge in [-0.3, -0.25) is 4.79 Å². The normalized spacial score (nSPS) is 22.0. The van der Waals surface area contributed by atoms with Crippen molar-refractivity contribution in [3.05, 3.63) is 23.8 Å². The van der Waals surface area contributed by atoms with Crippen molar-refractivity contribution in [2.75, 3.05) is 19.8 Å². The molecule has 5 heteroatoms. The van der Waals surface area contributed by atoms with Gasteiger partial charge in [0.2, 0.25) is 5.91 Å². The van der Waals surface area contributed by atoms with E-state index in [9.17, 15) is 9.90 Å². The zero-order valence-corrected chi connectivity index (χ0v) is 12.9. The van der Waals surface area contributed by atoms with E-state index >= 15 is 0 Å². The van der Waals surface area contributed by atoms with Gasteiger partial charge in [-0.1, -0.05) is 6.42 Å². The number of rotatable bonds is 5. The molecule has 1 aromatic rings. The van der Waals surface area contributed by atoms with Gasteiger partial charge in [-0.15, -0.1) is 0 Å². The van der Waals surface area contributed by atoms with Crippen LogP contribution in [0.15, 0.2) is 18.2 Å². The summed E-state index contributed by atoms with van der Waals surface area (Å²) in [6.45, 7) is 3.05. The summed E-state index contributed by atoms with van der Waals surface area (Å²) in [5.74, 6) is 1.54. The number of hydrogen-bond acceptors (Lipinski definition) is 4. The first kappa shape index (κ1) is 15.2. The van der Waals surface area contributed by atoms with E-state index in [1.807, 2.05) is 25.1 Å². The summed E-state index contributed by atoms with van der Waals surface area (Å²) in [6, 6.07) is 5.63. The average molecular weight is 305 g/mol. The molecule has 1 fully saturated rings. The van der Waals surface area contributed by atoms with E-state index in [4.69, 9.17) is 9.47 Å². The van der Waals surface area contributed by atoms with Gasteiger partial charge in [-0.2, -0.15) is 0 Å². The van der Waals surface area contributed by atoms with Crippen molar-refractivity contribution in [1.82, 2.24) is 5.32 Å². The van der Waals surface area contributed by atoms with Crippen LogP contribution in [0.3, 0.4) is 0 Å². The Balaban J connectivity index is 1.78. The monoisotopic (exact) mass is 305 g/mol. The van der Waals surface area contributed by atoms with Gasteiger partial charge in [0.05, 0.1) is 31.3 Å². The van der Waals surface area contributed by atoms with Crippen molar-refractivity contribution in [2.45, 2.75) is 38.6 Å². The zero-order valence-electron chi connectivity index (χ0n) is 12.9. The highest BCUT2D eigenvalue weighted by molar-refractivity contribution is 5.84. The van der Waals surface area contributed by atoms with Gasteiger partial charge < -0.3 is 19.9 Å². The van der Waals surface area contributed by atoms with E-state index < -0.39 is 5.41 Å². The van der Waals surface area contributed by atoms with Crippen LogP contribution in [-0.2, 0) is 4.79 Å². The average Bonchev–Trinajstić information content (AvgIpc) is 2.48. The van der Waals surface area contributed by atoms with Crippen LogP contribution < -0.4 is 14.8 Å². The molecular formula is C17H23NO4. The highest BCUT2D eigenvalue weighted by Crippen LogP contribution is 2.42. The second kappa shape index (κ2) is 6.16. The number of carbonyl (C=O) groups excluding carboxylic acids is 1. The van der Waals surface area contributed by atoms with Gasteiger partial charge in [0, 0.05) is 12.0 Å². The van der Waals surface area contributed by atoms with E-state index in [2.05, 4.69) is 5.32 Å². The predicted molar refractivity (Wildman–Crippen MR) is 82.0 cm³/mol. The Bertz CT molecular complexity index is 548. The molecule has 1 aliphatic heterocycles. The Hall–Kier alpha value is -1.75. The van der Waals surface area contributed by atoms with Crippen molar-refractivity contribution >= 4 is 5.91 Å². The van der Waals surface area contributed by atoms with E-state index in [1.165, 1.54) is 0 Å². The second-order valence-corrected chi connectivity index (χ2v) is 6.09. The highest BCUT2D eigenvalue weighted by Gasteiger charge is 2.44. The third kappa shape index (κ3) is 2.65. The van der Waals surface area contributed by atoms with Gasteiger partial charge in [0.25, 0.3) is 0 Å². The molecule has 2 aliphatic rings. The largest absolute Gasteiger partial charge is 0.494 e. The topological polar surface area (TPSA) is 67.8 Å². The maximum absolute atomic E-state index is 12.5. The van der Waals surface area contributed by atoms with Crippen LogP contribution >= 0.6 is 0 Å². The number of aliphatic hydroxyl groups is 1. The van der Waals surface area contributed by atoms with Crippen molar-refractivity contribution in [3.8, 4) is 11.5 Å². The molecule has 1 atom stereocenters. The smallest absolute Gasteiger partial charge is 0.229 e. The van der Waals surface area contributed by atoms with Gasteiger partial charge in [0.15, 0.2) is 0 Å². The Morgan fingerprint density at radius 1 is 1.50 bits per heavy atom. The molecule has 1 saturated carbocycles. The quantitative estimate of drug-likeness (QED) is 0.875. The molecule has 0 radical (unpaired) electrons. The summed E-state index contributed by atoms with van der Waals surface area (Å²) in [5, 5.41) is 12.6. The number of aliphatic hydroxyl groups excluding tert-OH is 1. The summed E-state index contributed by atoms with van der Waals surface area (Å²) in [4.78, 5) is 12.5. The summed E-state index contributed by atoms with van der Waals surface area (Å²) in [7, 11) is 0. The molecular weight excluding hydrogens is 282 g/mol. The van der Waals surface area contributed by atoms with Crippen LogP contribution in [0, 0.1) is 5.41 Å². The van der Waals surface area contributed by atoms with Crippen LogP contribution in [0.4, 0.5) is 0 Å². The lowest BCUT2D eigenvalue weighted by molar-refractivity contribution is -0.140. The Morgan fingerprint density at radius 3 is 2.95 bits per heavy atom. The highest BCUT2D eigenvalue weighted by atomic mass is 16.5. The van der Waals surface area contributed by atoms with E-state index in [0.29, 0.717) is 13.2 Å². The standard InChI is InChI=1S/C17H23NO4/c1-2-21-12-4-5-15-13(10-12)14(6-9-22-15)18-16(20)17(11-19)7-3-8-17/h4-5,10,14,19H,2-3,6-9,11H2,1H3,(H,18,20). The van der Waals surface area contributed by atoms with Crippen LogP contribution in [0.25, 0.3) is 0 Å². The lowest BCUT2D eigenvalue weighted by Crippen LogP contribution is -2.49. The first-order valence-electron chi connectivity index (χ1n) is 8.00. The number of benzene rings is 1. The summed E-state index contributed by atoms with van der Waals surface area (Å²) < 4.78 is 11.2. The molecule has 120 valence electrons. The van der Waals surface area contributed by atoms with Gasteiger partial charge in [-0.05, 0) is 38.0 Å². The van der Waals surface area contributed by atoms with Crippen molar-refractivity contribution in [1.29, 1.82) is 0 Å². The third-order valence-electron chi connectivity index (χ3n) is 4.73. The number of amides is 1. The molecule has 5 nitrogen and oxygen atoms in total. The zero-order chi connectivity index (χ0) is 15.6. The molecule has 0 saturated heterocycles. The molecule has 1 aliphatic carbocycles. The van der Waals surface area contributed by atoms with Gasteiger partial charge in [0.1, 0.15) is 11.5 Å². The second-order valence-electron chi connectivity index (χ2n) is 6.09. The Morgan fingerprint density at radius 2 is 2.32 bits per heavy atom. The minimum atomic E-state index is -0.573. The van der Waals surface area contributed by atoms with E-state index in [0.717, 1.165) is 42.7 Å². The fourth-order valence-corrected chi connectivity index (χ4v) is 3.15. The van der Waals surface area contributed by atoms with Gasteiger partial charge in [-0.25, -0.2) is 0 Å². The first-order chi connectivity index (χ1) is 10.7. The molecule has 0 bridgehead atoms. The SMILES string of the molecule is CCOc1ccc2c(c1)C(NC(=O)C1(CO)CCC1)CCO2. The molecule has 22 heavy (non-hydrogen) atoms. The van der Waals surface area contributed by atoms with Crippen LogP contribution in [0.1, 0.15) is 44.2 Å².